The van der Waals surface area contributed by atoms with E-state index in [1.54, 1.807) is 35.1 Å². The van der Waals surface area contributed by atoms with Gasteiger partial charge in [0.15, 0.2) is 18.2 Å². The van der Waals surface area contributed by atoms with E-state index >= 15 is 0 Å². The molecule has 0 atom stereocenters. The van der Waals surface area contributed by atoms with Gasteiger partial charge in [-0.2, -0.15) is 5.10 Å². The van der Waals surface area contributed by atoms with Gasteiger partial charge in [-0.25, -0.2) is 4.68 Å². The summed E-state index contributed by atoms with van der Waals surface area (Å²) in [7, 11) is 0. The molecule has 7 nitrogen and oxygen atoms in total. The van der Waals surface area contributed by atoms with Gasteiger partial charge in [0.25, 0.3) is 5.91 Å². The molecule has 0 aliphatic carbocycles. The Morgan fingerprint density at radius 3 is 2.52 bits per heavy atom. The topological polar surface area (TPSA) is 74.6 Å². The maximum Gasteiger partial charge on any atom is 0.272 e. The van der Waals surface area contributed by atoms with Crippen molar-refractivity contribution in [3.8, 4) is 17.2 Å². The molecule has 1 amide bonds. The molecule has 31 heavy (non-hydrogen) atoms. The van der Waals surface area contributed by atoms with Crippen molar-refractivity contribution in [2.75, 3.05) is 13.2 Å². The predicted molar refractivity (Wildman–Crippen MR) is 122 cm³/mol. The van der Waals surface area contributed by atoms with Gasteiger partial charge in [0.05, 0.1) is 17.7 Å². The van der Waals surface area contributed by atoms with E-state index in [0.29, 0.717) is 47.7 Å². The van der Waals surface area contributed by atoms with Crippen molar-refractivity contribution in [2.45, 2.75) is 27.1 Å². The summed E-state index contributed by atoms with van der Waals surface area (Å²) < 4.78 is 19.2. The first kappa shape index (κ1) is 23.0. The quantitative estimate of drug-likeness (QED) is 0.414. The predicted octanol–water partition coefficient (Wildman–Crippen LogP) is 5.06. The number of carbonyl (C=O) groups is 1. The fraction of sp³-hybridized carbons (Fsp3) is 0.273. The number of aromatic nitrogens is 2. The van der Waals surface area contributed by atoms with Crippen LogP contribution in [0.4, 0.5) is 0 Å². The second-order valence-electron chi connectivity index (χ2n) is 6.42. The van der Waals surface area contributed by atoms with E-state index in [4.69, 9.17) is 25.8 Å². The zero-order chi connectivity index (χ0) is 22.2. The van der Waals surface area contributed by atoms with Crippen LogP contribution in [0.3, 0.4) is 0 Å². The number of nitrogens with one attached hydrogen (secondary N) is 1. The number of hydrogen-bond acceptors (Lipinski definition) is 5. The van der Waals surface area contributed by atoms with Crippen LogP contribution < -0.4 is 19.5 Å². The van der Waals surface area contributed by atoms with Gasteiger partial charge in [0, 0.05) is 17.8 Å². The summed E-state index contributed by atoms with van der Waals surface area (Å²) in [6.07, 6.45) is 1.68. The minimum atomic E-state index is -0.279. The molecule has 3 rings (SSSR count). The minimum Gasteiger partial charge on any atom is -0.490 e. The van der Waals surface area contributed by atoms with E-state index in [1.807, 2.05) is 32.0 Å². The number of carbonyl (C=O) groups excluding carboxylic acids is 1. The van der Waals surface area contributed by atoms with Crippen LogP contribution in [0.25, 0.3) is 0 Å². The fourth-order valence-corrected chi connectivity index (χ4v) is 3.56. The summed E-state index contributed by atoms with van der Waals surface area (Å²) in [4.78, 5) is 12.5. The Balaban J connectivity index is 1.56. The molecule has 0 fully saturated rings. The number of hydrogen-bond donors (Lipinski definition) is 1. The lowest BCUT2D eigenvalue weighted by molar-refractivity contribution is 0.0943. The highest BCUT2D eigenvalue weighted by Gasteiger charge is 2.12. The SMILES string of the molecule is CCOc1ccc(CNC(=O)c2ccn(COc3ccc(Cl)cc3Br)n2)cc1OCC. The zero-order valence-electron chi connectivity index (χ0n) is 17.2. The highest BCUT2D eigenvalue weighted by Crippen LogP contribution is 2.29. The second kappa shape index (κ2) is 11.1. The maximum absolute atomic E-state index is 12.5. The molecular weight excluding hydrogens is 486 g/mol. The van der Waals surface area contributed by atoms with Crippen LogP contribution in [0.2, 0.25) is 5.02 Å². The Labute approximate surface area is 194 Å². The third-order valence-corrected chi connectivity index (χ3v) is 5.04. The number of halogens is 2. The Kier molecular flexibility index (Phi) is 8.20. The Morgan fingerprint density at radius 2 is 1.77 bits per heavy atom. The lowest BCUT2D eigenvalue weighted by Crippen LogP contribution is -2.23. The van der Waals surface area contributed by atoms with Gasteiger partial charge < -0.3 is 19.5 Å². The van der Waals surface area contributed by atoms with Crippen LogP contribution >= 0.6 is 27.5 Å². The van der Waals surface area contributed by atoms with Gasteiger partial charge in [-0.15, -0.1) is 0 Å². The molecule has 9 heteroatoms. The van der Waals surface area contributed by atoms with Crippen molar-refractivity contribution in [1.29, 1.82) is 0 Å². The fourth-order valence-electron chi connectivity index (χ4n) is 2.76. The average Bonchev–Trinajstić information content (AvgIpc) is 3.22. The number of rotatable bonds is 10. The van der Waals surface area contributed by atoms with Crippen LogP contribution in [0, 0.1) is 0 Å². The molecule has 0 bridgehead atoms. The second-order valence-corrected chi connectivity index (χ2v) is 7.71. The maximum atomic E-state index is 12.5. The van der Waals surface area contributed by atoms with E-state index in [1.165, 1.54) is 0 Å². The van der Waals surface area contributed by atoms with Crippen molar-refractivity contribution >= 4 is 33.4 Å². The van der Waals surface area contributed by atoms with E-state index in [0.717, 1.165) is 10.0 Å². The third kappa shape index (κ3) is 6.38. The molecule has 0 saturated heterocycles. The molecular formula is C22H23BrClN3O4. The Morgan fingerprint density at radius 1 is 1.03 bits per heavy atom. The van der Waals surface area contributed by atoms with Gasteiger partial charge in [-0.3, -0.25) is 4.79 Å². The molecule has 0 saturated carbocycles. The molecule has 3 aromatic rings. The van der Waals surface area contributed by atoms with Crippen molar-refractivity contribution in [2.24, 2.45) is 0 Å². The van der Waals surface area contributed by atoms with E-state index < -0.39 is 0 Å². The molecule has 0 aliphatic heterocycles. The summed E-state index contributed by atoms with van der Waals surface area (Å²) in [6, 6.07) is 12.5. The number of nitrogens with zero attached hydrogens (tertiary/aromatic N) is 2. The van der Waals surface area contributed by atoms with Gasteiger partial charge in [0.2, 0.25) is 0 Å². The monoisotopic (exact) mass is 507 g/mol. The van der Waals surface area contributed by atoms with E-state index in [9.17, 15) is 4.79 Å². The summed E-state index contributed by atoms with van der Waals surface area (Å²) in [5.74, 6) is 1.70. The average molecular weight is 509 g/mol. The summed E-state index contributed by atoms with van der Waals surface area (Å²) in [5, 5.41) is 7.74. The molecule has 0 unspecified atom stereocenters. The number of amides is 1. The normalized spacial score (nSPS) is 10.6. The molecule has 164 valence electrons. The first-order valence-electron chi connectivity index (χ1n) is 9.78. The van der Waals surface area contributed by atoms with Gasteiger partial charge >= 0.3 is 0 Å². The zero-order valence-corrected chi connectivity index (χ0v) is 19.6. The van der Waals surface area contributed by atoms with Gasteiger partial charge in [0.1, 0.15) is 11.4 Å². The number of ether oxygens (including phenoxy) is 3. The Bertz CT molecular complexity index is 1040. The van der Waals surface area contributed by atoms with Crippen molar-refractivity contribution in [3.05, 3.63) is 69.4 Å². The van der Waals surface area contributed by atoms with E-state index in [2.05, 4.69) is 26.3 Å². The van der Waals surface area contributed by atoms with Crippen molar-refractivity contribution < 1.29 is 19.0 Å². The molecule has 1 N–H and O–H groups in total. The number of benzene rings is 2. The van der Waals surface area contributed by atoms with Crippen molar-refractivity contribution in [3.63, 3.8) is 0 Å². The smallest absolute Gasteiger partial charge is 0.272 e. The molecule has 1 aromatic heterocycles. The molecule has 1 heterocycles. The summed E-state index contributed by atoms with van der Waals surface area (Å²) >= 11 is 9.33. The Hall–Kier alpha value is -2.71. The standard InChI is InChI=1S/C22H23BrClN3O4/c1-3-29-20-7-5-15(11-21(20)30-4-2)13-25-22(28)18-9-10-27(26-18)14-31-19-8-6-16(24)12-17(19)23/h5-12H,3-4,13-14H2,1-2H3,(H,25,28). The minimum absolute atomic E-state index is 0.157. The van der Waals surface area contributed by atoms with Gasteiger partial charge in [-0.05, 0) is 71.7 Å². The van der Waals surface area contributed by atoms with Gasteiger partial charge in [-0.1, -0.05) is 17.7 Å². The highest BCUT2D eigenvalue weighted by molar-refractivity contribution is 9.10. The first-order chi connectivity index (χ1) is 15.0. The summed E-state index contributed by atoms with van der Waals surface area (Å²) in [6.45, 7) is 5.41. The van der Waals surface area contributed by atoms with Crippen LogP contribution in [0.1, 0.15) is 29.9 Å². The molecule has 0 aliphatic rings. The van der Waals surface area contributed by atoms with Crippen LogP contribution in [-0.4, -0.2) is 28.9 Å². The van der Waals surface area contributed by atoms with Crippen LogP contribution in [-0.2, 0) is 13.3 Å². The van der Waals surface area contributed by atoms with Crippen molar-refractivity contribution in [1.82, 2.24) is 15.1 Å². The molecule has 0 spiro atoms. The van der Waals surface area contributed by atoms with Crippen LogP contribution in [0.15, 0.2) is 53.1 Å². The third-order valence-electron chi connectivity index (χ3n) is 4.18. The lowest BCUT2D eigenvalue weighted by atomic mass is 10.2. The summed E-state index contributed by atoms with van der Waals surface area (Å²) in [5.41, 5.74) is 1.20. The molecule has 2 aromatic carbocycles. The lowest BCUT2D eigenvalue weighted by Gasteiger charge is -2.12. The van der Waals surface area contributed by atoms with Crippen LogP contribution in [0.5, 0.6) is 17.2 Å². The van der Waals surface area contributed by atoms with E-state index in [-0.39, 0.29) is 12.6 Å². The molecule has 0 radical (unpaired) electrons. The highest BCUT2D eigenvalue weighted by atomic mass is 79.9. The first-order valence-corrected chi connectivity index (χ1v) is 10.9. The largest absolute Gasteiger partial charge is 0.490 e.